The average Bonchev–Trinajstić information content (AvgIpc) is 2.28. The summed E-state index contributed by atoms with van der Waals surface area (Å²) in [5.74, 6) is -0.00809. The fourth-order valence-corrected chi connectivity index (χ4v) is 2.61. The molecule has 0 aliphatic carbocycles. The second kappa shape index (κ2) is 4.64. The Labute approximate surface area is 101 Å². The van der Waals surface area contributed by atoms with Crippen molar-refractivity contribution in [2.45, 2.75) is 38.2 Å². The van der Waals surface area contributed by atoms with Crippen molar-refractivity contribution < 1.29 is 14.7 Å². The molecule has 2 fully saturated rings. The Bertz CT molecular complexity index is 318. The number of hydrogen-bond acceptors (Lipinski definition) is 3. The second-order valence-corrected chi connectivity index (χ2v) is 5.40. The molecule has 2 rings (SSSR count). The van der Waals surface area contributed by atoms with Crippen molar-refractivity contribution in [2.75, 3.05) is 19.6 Å². The smallest absolute Gasteiger partial charge is 0.227 e. The van der Waals surface area contributed by atoms with E-state index < -0.39 is 5.60 Å². The summed E-state index contributed by atoms with van der Waals surface area (Å²) in [6, 6.07) is 0. The summed E-state index contributed by atoms with van der Waals surface area (Å²) in [4.78, 5) is 25.0. The highest BCUT2D eigenvalue weighted by Gasteiger charge is 2.34. The minimum Gasteiger partial charge on any atom is -0.388 e. The van der Waals surface area contributed by atoms with Crippen LogP contribution in [0.15, 0.2) is 0 Å². The minimum atomic E-state index is -0.758. The zero-order chi connectivity index (χ0) is 12.5. The molecule has 96 valence electrons. The quantitative estimate of drug-likeness (QED) is 0.671. The maximum Gasteiger partial charge on any atom is 0.227 e. The number of likely N-dealkylation sites (tertiary alicyclic amines) is 1. The molecule has 0 aromatic rings. The third kappa shape index (κ3) is 2.97. The maximum atomic E-state index is 12.2. The third-order valence-electron chi connectivity index (χ3n) is 3.60. The Morgan fingerprint density at radius 3 is 2.94 bits per heavy atom. The molecular weight excluding hydrogens is 220 g/mol. The van der Waals surface area contributed by atoms with Crippen LogP contribution in [0.2, 0.25) is 0 Å². The van der Waals surface area contributed by atoms with Crippen LogP contribution in [-0.2, 0) is 9.59 Å². The van der Waals surface area contributed by atoms with Crippen molar-refractivity contribution in [3.63, 3.8) is 0 Å². The van der Waals surface area contributed by atoms with Crippen LogP contribution in [0.25, 0.3) is 0 Å². The number of nitrogens with zero attached hydrogens (tertiary/aromatic N) is 1. The molecule has 2 aliphatic heterocycles. The molecule has 2 aliphatic rings. The molecule has 0 radical (unpaired) electrons. The Balaban J connectivity index is 1.93. The third-order valence-corrected chi connectivity index (χ3v) is 3.60. The van der Waals surface area contributed by atoms with Crippen molar-refractivity contribution in [3.05, 3.63) is 0 Å². The van der Waals surface area contributed by atoms with E-state index in [4.69, 9.17) is 0 Å². The highest BCUT2D eigenvalue weighted by Crippen LogP contribution is 2.23. The van der Waals surface area contributed by atoms with E-state index in [0.717, 1.165) is 19.4 Å². The van der Waals surface area contributed by atoms with Gasteiger partial charge in [-0.25, -0.2) is 0 Å². The van der Waals surface area contributed by atoms with Gasteiger partial charge < -0.3 is 15.3 Å². The van der Waals surface area contributed by atoms with Crippen LogP contribution in [0.3, 0.4) is 0 Å². The highest BCUT2D eigenvalue weighted by atomic mass is 16.3. The zero-order valence-corrected chi connectivity index (χ0v) is 10.2. The maximum absolute atomic E-state index is 12.2. The van der Waals surface area contributed by atoms with Crippen LogP contribution in [0.4, 0.5) is 0 Å². The lowest BCUT2D eigenvalue weighted by atomic mass is 9.92. The summed E-state index contributed by atoms with van der Waals surface area (Å²) in [7, 11) is 0. The number of amides is 2. The van der Waals surface area contributed by atoms with Crippen LogP contribution in [0, 0.1) is 5.92 Å². The van der Waals surface area contributed by atoms with Crippen molar-refractivity contribution in [1.29, 1.82) is 0 Å². The standard InChI is InChI=1S/C12H20N2O3/c1-12(17)5-2-6-14(8-12)11(16)9-3-4-10(15)13-7-9/h9,17H,2-8H2,1H3,(H,13,15). The van der Waals surface area contributed by atoms with E-state index in [1.54, 1.807) is 11.8 Å². The molecule has 5 heteroatoms. The van der Waals surface area contributed by atoms with Crippen LogP contribution >= 0.6 is 0 Å². The van der Waals surface area contributed by atoms with Gasteiger partial charge in [-0.2, -0.15) is 0 Å². The largest absolute Gasteiger partial charge is 0.388 e. The normalized spacial score (nSPS) is 34.4. The predicted octanol–water partition coefficient (Wildman–Crippen LogP) is -0.114. The fourth-order valence-electron chi connectivity index (χ4n) is 2.61. The SMILES string of the molecule is CC1(O)CCCN(C(=O)C2CCC(=O)NC2)C1. The van der Waals surface area contributed by atoms with Gasteiger partial charge in [-0.05, 0) is 26.2 Å². The minimum absolute atomic E-state index is 0.0275. The van der Waals surface area contributed by atoms with E-state index in [2.05, 4.69) is 5.32 Å². The molecular formula is C12H20N2O3. The van der Waals surface area contributed by atoms with Gasteiger partial charge in [0.15, 0.2) is 0 Å². The number of nitrogens with one attached hydrogen (secondary N) is 1. The number of piperidine rings is 2. The lowest BCUT2D eigenvalue weighted by molar-refractivity contribution is -0.143. The Morgan fingerprint density at radius 2 is 2.35 bits per heavy atom. The number of hydrogen-bond donors (Lipinski definition) is 2. The molecule has 0 bridgehead atoms. The van der Waals surface area contributed by atoms with Gasteiger partial charge in [0.1, 0.15) is 0 Å². The fraction of sp³-hybridized carbons (Fsp3) is 0.833. The molecule has 0 aromatic heterocycles. The molecule has 0 spiro atoms. The number of carbonyl (C=O) groups excluding carboxylic acids is 2. The Morgan fingerprint density at radius 1 is 1.59 bits per heavy atom. The van der Waals surface area contributed by atoms with E-state index in [9.17, 15) is 14.7 Å². The second-order valence-electron chi connectivity index (χ2n) is 5.40. The van der Waals surface area contributed by atoms with Crippen molar-refractivity contribution in [1.82, 2.24) is 10.2 Å². The first-order valence-electron chi connectivity index (χ1n) is 6.26. The average molecular weight is 240 g/mol. The first-order chi connectivity index (χ1) is 7.98. The predicted molar refractivity (Wildman–Crippen MR) is 62.2 cm³/mol. The van der Waals surface area contributed by atoms with E-state index in [0.29, 0.717) is 25.9 Å². The molecule has 0 saturated carbocycles. The Kier molecular flexibility index (Phi) is 3.38. The number of rotatable bonds is 1. The summed E-state index contributed by atoms with van der Waals surface area (Å²) in [6.45, 7) is 3.35. The summed E-state index contributed by atoms with van der Waals surface area (Å²) in [5.41, 5.74) is -0.758. The summed E-state index contributed by atoms with van der Waals surface area (Å²) in [6.07, 6.45) is 2.65. The van der Waals surface area contributed by atoms with Crippen molar-refractivity contribution in [3.8, 4) is 0 Å². The van der Waals surface area contributed by atoms with Gasteiger partial charge in [-0.1, -0.05) is 0 Å². The number of carbonyl (C=O) groups is 2. The first-order valence-corrected chi connectivity index (χ1v) is 6.26. The molecule has 17 heavy (non-hydrogen) atoms. The summed E-state index contributed by atoms with van der Waals surface area (Å²) < 4.78 is 0. The summed E-state index contributed by atoms with van der Waals surface area (Å²) in [5, 5.41) is 12.7. The lowest BCUT2D eigenvalue weighted by Crippen LogP contribution is -2.52. The van der Waals surface area contributed by atoms with Gasteiger partial charge in [0.25, 0.3) is 0 Å². The topological polar surface area (TPSA) is 69.6 Å². The molecule has 2 amide bonds. The number of β-amino-alcohol motifs (C(OH)–C–C–N with tert-alkyl or cyclic N) is 1. The van der Waals surface area contributed by atoms with Crippen LogP contribution in [0.5, 0.6) is 0 Å². The monoisotopic (exact) mass is 240 g/mol. The molecule has 2 heterocycles. The van der Waals surface area contributed by atoms with Gasteiger partial charge in [-0.15, -0.1) is 0 Å². The van der Waals surface area contributed by atoms with Gasteiger partial charge in [0.2, 0.25) is 11.8 Å². The van der Waals surface area contributed by atoms with Crippen LogP contribution in [-0.4, -0.2) is 47.1 Å². The van der Waals surface area contributed by atoms with Gasteiger partial charge >= 0.3 is 0 Å². The summed E-state index contributed by atoms with van der Waals surface area (Å²) >= 11 is 0. The molecule has 2 N–H and O–H groups in total. The molecule has 0 aromatic carbocycles. The lowest BCUT2D eigenvalue weighted by Gasteiger charge is -2.39. The van der Waals surface area contributed by atoms with Crippen LogP contribution in [0.1, 0.15) is 32.6 Å². The zero-order valence-electron chi connectivity index (χ0n) is 10.2. The molecule has 5 nitrogen and oxygen atoms in total. The van der Waals surface area contributed by atoms with Gasteiger partial charge in [0, 0.05) is 26.1 Å². The van der Waals surface area contributed by atoms with E-state index >= 15 is 0 Å². The molecule has 2 unspecified atom stereocenters. The van der Waals surface area contributed by atoms with Crippen molar-refractivity contribution in [2.24, 2.45) is 5.92 Å². The molecule has 2 saturated heterocycles. The van der Waals surface area contributed by atoms with E-state index in [1.807, 2.05) is 0 Å². The van der Waals surface area contributed by atoms with E-state index in [-0.39, 0.29) is 17.7 Å². The van der Waals surface area contributed by atoms with Gasteiger partial charge in [0.05, 0.1) is 11.5 Å². The van der Waals surface area contributed by atoms with Gasteiger partial charge in [-0.3, -0.25) is 9.59 Å². The number of aliphatic hydroxyl groups is 1. The first kappa shape index (κ1) is 12.4. The highest BCUT2D eigenvalue weighted by molar-refractivity contribution is 5.83. The van der Waals surface area contributed by atoms with E-state index in [1.165, 1.54) is 0 Å². The molecule has 2 atom stereocenters. The van der Waals surface area contributed by atoms with Crippen molar-refractivity contribution >= 4 is 11.8 Å². The Hall–Kier alpha value is -1.10. The van der Waals surface area contributed by atoms with Crippen LogP contribution < -0.4 is 5.32 Å².